The molecule has 5 heteroatoms. The van der Waals surface area contributed by atoms with Gasteiger partial charge in [-0.3, -0.25) is 4.79 Å². The number of anilines is 1. The molecule has 2 rings (SSSR count). The number of piperidine rings is 1. The average Bonchev–Trinajstić information content (AvgIpc) is 2.40. The minimum Gasteiger partial charge on any atom is -0.494 e. The zero-order chi connectivity index (χ0) is 13.8. The van der Waals surface area contributed by atoms with Crippen molar-refractivity contribution in [2.24, 2.45) is 11.8 Å². The van der Waals surface area contributed by atoms with Crippen LogP contribution >= 0.6 is 0 Å². The number of rotatable bonds is 3. The summed E-state index contributed by atoms with van der Waals surface area (Å²) in [7, 11) is 1.45. The minimum atomic E-state index is -0.386. The first-order chi connectivity index (χ1) is 9.10. The number of halogens is 1. The maximum Gasteiger partial charge on any atom is 0.228 e. The fourth-order valence-electron chi connectivity index (χ4n) is 2.36. The second kappa shape index (κ2) is 6.02. The lowest BCUT2D eigenvalue weighted by Gasteiger charge is -2.27. The Bertz CT molecular complexity index is 465. The molecule has 1 amide bonds. The number of methoxy groups -OCH3 is 1. The molecule has 0 aromatic heterocycles. The summed E-state index contributed by atoms with van der Waals surface area (Å²) in [6.07, 6.45) is 0.863. The zero-order valence-corrected chi connectivity index (χ0v) is 11.2. The summed E-state index contributed by atoms with van der Waals surface area (Å²) in [6, 6.07) is 4.09. The Balaban J connectivity index is 2.06. The Kier molecular flexibility index (Phi) is 4.37. The van der Waals surface area contributed by atoms with Crippen LogP contribution in [0.25, 0.3) is 0 Å². The molecule has 0 saturated carbocycles. The molecule has 0 radical (unpaired) electrons. The molecule has 2 unspecified atom stereocenters. The van der Waals surface area contributed by atoms with Gasteiger partial charge >= 0.3 is 0 Å². The van der Waals surface area contributed by atoms with Crippen LogP contribution in [0, 0.1) is 17.7 Å². The number of ether oxygens (including phenoxy) is 1. The van der Waals surface area contributed by atoms with E-state index in [1.165, 1.54) is 25.3 Å². The molecule has 2 N–H and O–H groups in total. The van der Waals surface area contributed by atoms with Crippen LogP contribution in [0.4, 0.5) is 10.1 Å². The molecule has 0 aliphatic carbocycles. The van der Waals surface area contributed by atoms with Crippen LogP contribution in [0.15, 0.2) is 18.2 Å². The third kappa shape index (κ3) is 3.44. The van der Waals surface area contributed by atoms with Gasteiger partial charge in [0.2, 0.25) is 5.91 Å². The predicted octanol–water partition coefficient (Wildman–Crippen LogP) is 2.02. The van der Waals surface area contributed by atoms with E-state index in [1.54, 1.807) is 0 Å². The molecule has 1 aliphatic rings. The van der Waals surface area contributed by atoms with E-state index in [0.29, 0.717) is 23.9 Å². The van der Waals surface area contributed by atoms with Crippen molar-refractivity contribution in [1.29, 1.82) is 0 Å². The molecule has 0 spiro atoms. The molecule has 1 aliphatic heterocycles. The van der Waals surface area contributed by atoms with Crippen molar-refractivity contribution in [3.8, 4) is 5.75 Å². The van der Waals surface area contributed by atoms with Crippen LogP contribution in [0.5, 0.6) is 5.75 Å². The van der Waals surface area contributed by atoms with Crippen LogP contribution in [0.2, 0.25) is 0 Å². The highest BCUT2D eigenvalue weighted by Gasteiger charge is 2.25. The lowest BCUT2D eigenvalue weighted by atomic mass is 9.91. The first-order valence-electron chi connectivity index (χ1n) is 6.45. The highest BCUT2D eigenvalue weighted by molar-refractivity contribution is 5.94. The summed E-state index contributed by atoms with van der Waals surface area (Å²) >= 11 is 0. The van der Waals surface area contributed by atoms with Gasteiger partial charge in [-0.2, -0.15) is 0 Å². The molecular weight excluding hydrogens is 247 g/mol. The number of carbonyl (C=O) groups is 1. The molecule has 19 heavy (non-hydrogen) atoms. The SMILES string of the molecule is COc1cc(F)ccc1NC(=O)C1CNCC(C)C1. The molecule has 4 nitrogen and oxygen atoms in total. The Hall–Kier alpha value is -1.62. The second-order valence-electron chi connectivity index (χ2n) is 5.03. The van der Waals surface area contributed by atoms with Gasteiger partial charge in [0.15, 0.2) is 0 Å². The Labute approximate surface area is 112 Å². The highest BCUT2D eigenvalue weighted by atomic mass is 19.1. The van der Waals surface area contributed by atoms with Gasteiger partial charge in [0, 0.05) is 12.6 Å². The lowest BCUT2D eigenvalue weighted by Crippen LogP contribution is -2.40. The van der Waals surface area contributed by atoms with E-state index < -0.39 is 0 Å². The summed E-state index contributed by atoms with van der Waals surface area (Å²) in [5, 5.41) is 6.05. The number of hydrogen-bond donors (Lipinski definition) is 2. The number of hydrogen-bond acceptors (Lipinski definition) is 3. The van der Waals surface area contributed by atoms with E-state index in [9.17, 15) is 9.18 Å². The normalized spacial score (nSPS) is 22.9. The number of carbonyl (C=O) groups excluding carboxylic acids is 1. The molecule has 1 fully saturated rings. The van der Waals surface area contributed by atoms with E-state index in [4.69, 9.17) is 4.74 Å². The topological polar surface area (TPSA) is 50.4 Å². The van der Waals surface area contributed by atoms with Gasteiger partial charge in [0.05, 0.1) is 18.7 Å². The van der Waals surface area contributed by atoms with E-state index >= 15 is 0 Å². The van der Waals surface area contributed by atoms with E-state index in [0.717, 1.165) is 13.0 Å². The molecular formula is C14H19FN2O2. The third-order valence-electron chi connectivity index (χ3n) is 3.36. The summed E-state index contributed by atoms with van der Waals surface area (Å²) in [6.45, 7) is 3.74. The molecule has 1 aromatic rings. The summed E-state index contributed by atoms with van der Waals surface area (Å²) in [5.41, 5.74) is 0.507. The van der Waals surface area contributed by atoms with Crippen molar-refractivity contribution >= 4 is 11.6 Å². The average molecular weight is 266 g/mol. The molecule has 1 saturated heterocycles. The van der Waals surface area contributed by atoms with Gasteiger partial charge in [0.25, 0.3) is 0 Å². The largest absolute Gasteiger partial charge is 0.494 e. The zero-order valence-electron chi connectivity index (χ0n) is 11.2. The first kappa shape index (κ1) is 13.8. The van der Waals surface area contributed by atoms with Gasteiger partial charge in [-0.15, -0.1) is 0 Å². The van der Waals surface area contributed by atoms with Crippen LogP contribution in [-0.2, 0) is 4.79 Å². The summed E-state index contributed by atoms with van der Waals surface area (Å²) in [5.74, 6) is 0.329. The van der Waals surface area contributed by atoms with Gasteiger partial charge in [-0.25, -0.2) is 4.39 Å². The smallest absolute Gasteiger partial charge is 0.228 e. The Morgan fingerprint density at radius 1 is 1.47 bits per heavy atom. The maximum absolute atomic E-state index is 13.1. The molecule has 1 heterocycles. The Morgan fingerprint density at radius 3 is 2.95 bits per heavy atom. The van der Waals surface area contributed by atoms with Crippen molar-refractivity contribution in [2.45, 2.75) is 13.3 Å². The quantitative estimate of drug-likeness (QED) is 0.880. The molecule has 104 valence electrons. The van der Waals surface area contributed by atoms with E-state index in [-0.39, 0.29) is 17.6 Å². The standard InChI is InChI=1S/C14H19FN2O2/c1-9-5-10(8-16-7-9)14(18)17-12-4-3-11(15)6-13(12)19-2/h3-4,6,9-10,16H,5,7-8H2,1-2H3,(H,17,18). The summed E-state index contributed by atoms with van der Waals surface area (Å²) < 4.78 is 18.1. The second-order valence-corrected chi connectivity index (χ2v) is 5.03. The van der Waals surface area contributed by atoms with Crippen molar-refractivity contribution in [2.75, 3.05) is 25.5 Å². The molecule has 0 bridgehead atoms. The number of benzene rings is 1. The van der Waals surface area contributed by atoms with Crippen LogP contribution in [0.3, 0.4) is 0 Å². The van der Waals surface area contributed by atoms with E-state index in [1.807, 2.05) is 0 Å². The fraction of sp³-hybridized carbons (Fsp3) is 0.500. The van der Waals surface area contributed by atoms with Crippen molar-refractivity contribution in [1.82, 2.24) is 5.32 Å². The third-order valence-corrected chi connectivity index (χ3v) is 3.36. The number of nitrogens with one attached hydrogen (secondary N) is 2. The van der Waals surface area contributed by atoms with E-state index in [2.05, 4.69) is 17.6 Å². The highest BCUT2D eigenvalue weighted by Crippen LogP contribution is 2.26. The van der Waals surface area contributed by atoms with Crippen LogP contribution in [0.1, 0.15) is 13.3 Å². The van der Waals surface area contributed by atoms with Crippen molar-refractivity contribution < 1.29 is 13.9 Å². The molecule has 2 atom stereocenters. The maximum atomic E-state index is 13.1. The summed E-state index contributed by atoms with van der Waals surface area (Å²) in [4.78, 5) is 12.2. The van der Waals surface area contributed by atoms with Crippen LogP contribution < -0.4 is 15.4 Å². The van der Waals surface area contributed by atoms with Gasteiger partial charge in [0.1, 0.15) is 11.6 Å². The minimum absolute atomic E-state index is 0.0519. The predicted molar refractivity (Wildman–Crippen MR) is 71.7 cm³/mol. The fourth-order valence-corrected chi connectivity index (χ4v) is 2.36. The van der Waals surface area contributed by atoms with Crippen molar-refractivity contribution in [3.05, 3.63) is 24.0 Å². The number of amides is 1. The molecule has 1 aromatic carbocycles. The van der Waals surface area contributed by atoms with Gasteiger partial charge in [-0.05, 0) is 31.0 Å². The first-order valence-corrected chi connectivity index (χ1v) is 6.45. The van der Waals surface area contributed by atoms with Gasteiger partial charge < -0.3 is 15.4 Å². The van der Waals surface area contributed by atoms with Crippen molar-refractivity contribution in [3.63, 3.8) is 0 Å². The van der Waals surface area contributed by atoms with Crippen LogP contribution in [-0.4, -0.2) is 26.1 Å². The van der Waals surface area contributed by atoms with Gasteiger partial charge in [-0.1, -0.05) is 6.92 Å². The lowest BCUT2D eigenvalue weighted by molar-refractivity contribution is -0.120. The Morgan fingerprint density at radius 2 is 2.26 bits per heavy atom. The monoisotopic (exact) mass is 266 g/mol.